The summed E-state index contributed by atoms with van der Waals surface area (Å²) in [5, 5.41) is 0. The number of methoxy groups -OCH3 is 2. The smallest absolute Gasteiger partial charge is 0.196 e. The van der Waals surface area contributed by atoms with E-state index in [1.165, 1.54) is 38.5 Å². The van der Waals surface area contributed by atoms with Crippen molar-refractivity contribution in [2.75, 3.05) is 20.8 Å². The van der Waals surface area contributed by atoms with Gasteiger partial charge in [0.1, 0.15) is 23.9 Å². The highest BCUT2D eigenvalue weighted by Crippen LogP contribution is 2.28. The molecule has 2 aliphatic carbocycles. The highest BCUT2D eigenvalue weighted by atomic mass is 16.7. The van der Waals surface area contributed by atoms with Crippen LogP contribution in [0.5, 0.6) is 17.2 Å². The minimum atomic E-state index is -0.369. The molecular weight excluding hydrogens is 444 g/mol. The summed E-state index contributed by atoms with van der Waals surface area (Å²) in [6, 6.07) is 12.4. The second kappa shape index (κ2) is 12.9. The normalized spacial score (nSPS) is 17.3. The number of ketones is 1. The van der Waals surface area contributed by atoms with Gasteiger partial charge in [0, 0.05) is 11.6 Å². The van der Waals surface area contributed by atoms with Crippen LogP contribution in [0, 0.1) is 0 Å². The van der Waals surface area contributed by atoms with Crippen molar-refractivity contribution in [3.63, 3.8) is 0 Å². The first-order valence-electron chi connectivity index (χ1n) is 13.0. The van der Waals surface area contributed by atoms with Gasteiger partial charge in [-0.2, -0.15) is 0 Å². The molecule has 0 radical (unpaired) electrons. The zero-order chi connectivity index (χ0) is 24.5. The van der Waals surface area contributed by atoms with Gasteiger partial charge in [-0.05, 0) is 62.1 Å². The van der Waals surface area contributed by atoms with Gasteiger partial charge < -0.3 is 23.7 Å². The lowest BCUT2D eigenvalue weighted by atomic mass is 9.97. The van der Waals surface area contributed by atoms with Crippen molar-refractivity contribution >= 4 is 5.78 Å². The van der Waals surface area contributed by atoms with Crippen LogP contribution in [0.3, 0.4) is 0 Å². The molecule has 2 fully saturated rings. The lowest BCUT2D eigenvalue weighted by Gasteiger charge is -2.31. The largest absolute Gasteiger partial charge is 0.497 e. The minimum Gasteiger partial charge on any atom is -0.497 e. The number of hydrogen-bond acceptors (Lipinski definition) is 6. The molecule has 0 bridgehead atoms. The molecule has 0 aliphatic heterocycles. The van der Waals surface area contributed by atoms with Crippen LogP contribution in [-0.4, -0.2) is 45.1 Å². The Morgan fingerprint density at radius 2 is 1.34 bits per heavy atom. The Hall–Kier alpha value is -2.57. The highest BCUT2D eigenvalue weighted by Gasteiger charge is 2.25. The van der Waals surface area contributed by atoms with Crippen molar-refractivity contribution in [3.05, 3.63) is 53.6 Å². The van der Waals surface area contributed by atoms with E-state index in [1.54, 1.807) is 44.6 Å². The fourth-order valence-corrected chi connectivity index (χ4v) is 4.95. The van der Waals surface area contributed by atoms with Crippen molar-refractivity contribution in [3.8, 4) is 17.2 Å². The molecule has 190 valence electrons. The van der Waals surface area contributed by atoms with Gasteiger partial charge in [-0.15, -0.1) is 0 Å². The molecule has 2 aromatic rings. The van der Waals surface area contributed by atoms with Crippen molar-refractivity contribution < 1.29 is 28.5 Å². The molecule has 0 saturated heterocycles. The quantitative estimate of drug-likeness (QED) is 0.275. The Balaban J connectivity index is 1.37. The second-order valence-corrected chi connectivity index (χ2v) is 9.45. The van der Waals surface area contributed by atoms with Gasteiger partial charge in [0.15, 0.2) is 12.1 Å². The molecule has 6 heteroatoms. The van der Waals surface area contributed by atoms with Gasteiger partial charge in [-0.3, -0.25) is 4.79 Å². The Bertz CT molecular complexity index is 909. The molecule has 0 N–H and O–H groups in total. The summed E-state index contributed by atoms with van der Waals surface area (Å²) in [7, 11) is 3.13. The number of ether oxygens (including phenoxy) is 5. The summed E-state index contributed by atoms with van der Waals surface area (Å²) in [6.07, 6.45) is 12.0. The second-order valence-electron chi connectivity index (χ2n) is 9.45. The van der Waals surface area contributed by atoms with E-state index in [-0.39, 0.29) is 24.3 Å². The third-order valence-electron chi connectivity index (χ3n) is 6.95. The molecule has 0 spiro atoms. The number of rotatable bonds is 11. The summed E-state index contributed by atoms with van der Waals surface area (Å²) in [5.41, 5.74) is 1.05. The van der Waals surface area contributed by atoms with Gasteiger partial charge in [-0.25, -0.2) is 0 Å². The van der Waals surface area contributed by atoms with Crippen molar-refractivity contribution in [2.45, 2.75) is 82.7 Å². The summed E-state index contributed by atoms with van der Waals surface area (Å²) in [6.45, 7) is 0.340. The maximum atomic E-state index is 13.0. The topological polar surface area (TPSA) is 63.2 Å². The third-order valence-corrected chi connectivity index (χ3v) is 6.95. The van der Waals surface area contributed by atoms with Crippen molar-refractivity contribution in [1.82, 2.24) is 0 Å². The molecule has 6 nitrogen and oxygen atoms in total. The number of benzene rings is 2. The monoisotopic (exact) mass is 482 g/mol. The Kier molecular flexibility index (Phi) is 9.43. The molecule has 4 rings (SSSR count). The zero-order valence-electron chi connectivity index (χ0n) is 21.0. The van der Waals surface area contributed by atoms with E-state index in [2.05, 4.69) is 0 Å². The van der Waals surface area contributed by atoms with E-state index >= 15 is 0 Å². The molecule has 0 aromatic heterocycles. The molecule has 0 unspecified atom stereocenters. The van der Waals surface area contributed by atoms with Gasteiger partial charge >= 0.3 is 0 Å². The molecule has 35 heavy (non-hydrogen) atoms. The SMILES string of the molecule is COc1ccc(C(=O)c2ccc(OCC(OC3CCCCC3)OC3CCCCC3)cc2)c(OC)c1. The first-order chi connectivity index (χ1) is 17.2. The number of carbonyl (C=O) groups is 1. The van der Waals surface area contributed by atoms with E-state index in [4.69, 9.17) is 23.7 Å². The van der Waals surface area contributed by atoms with E-state index in [0.29, 0.717) is 35.0 Å². The van der Waals surface area contributed by atoms with Crippen molar-refractivity contribution in [1.29, 1.82) is 0 Å². The first-order valence-corrected chi connectivity index (χ1v) is 13.0. The summed E-state index contributed by atoms with van der Waals surface area (Å²) >= 11 is 0. The summed E-state index contributed by atoms with van der Waals surface area (Å²) < 4.78 is 29.4. The lowest BCUT2D eigenvalue weighted by Crippen LogP contribution is -2.35. The van der Waals surface area contributed by atoms with Gasteiger partial charge in [-0.1, -0.05) is 38.5 Å². The maximum absolute atomic E-state index is 13.0. The van der Waals surface area contributed by atoms with Crippen LogP contribution in [0.1, 0.15) is 80.1 Å². The summed E-state index contributed by atoms with van der Waals surface area (Å²) in [5.74, 6) is 1.70. The summed E-state index contributed by atoms with van der Waals surface area (Å²) in [4.78, 5) is 13.0. The molecular formula is C29H38O6. The minimum absolute atomic E-state index is 0.116. The Labute approximate surface area is 208 Å². The molecule has 0 amide bonds. The zero-order valence-corrected chi connectivity index (χ0v) is 21.0. The van der Waals surface area contributed by atoms with Gasteiger partial charge in [0.25, 0.3) is 0 Å². The standard InChI is InChI=1S/C29H38O6/c1-31-25-17-18-26(27(19-25)32-2)29(30)21-13-15-22(16-14-21)33-20-28(34-23-9-5-3-6-10-23)35-24-11-7-4-8-12-24/h13-19,23-24,28H,3-12,20H2,1-2H3. The average Bonchev–Trinajstić information content (AvgIpc) is 2.92. The van der Waals surface area contributed by atoms with Crippen LogP contribution < -0.4 is 14.2 Å². The number of hydrogen-bond donors (Lipinski definition) is 0. The Morgan fingerprint density at radius 3 is 1.89 bits per heavy atom. The van der Waals surface area contributed by atoms with Crippen LogP contribution in [-0.2, 0) is 9.47 Å². The molecule has 2 saturated carbocycles. The third kappa shape index (κ3) is 7.21. The van der Waals surface area contributed by atoms with Crippen molar-refractivity contribution in [2.24, 2.45) is 0 Å². The maximum Gasteiger partial charge on any atom is 0.196 e. The Morgan fingerprint density at radius 1 is 0.771 bits per heavy atom. The predicted molar refractivity (Wildman–Crippen MR) is 135 cm³/mol. The van der Waals surface area contributed by atoms with Crippen LogP contribution >= 0.6 is 0 Å². The molecule has 2 aromatic carbocycles. The van der Waals surface area contributed by atoms with Crippen LogP contribution in [0.25, 0.3) is 0 Å². The van der Waals surface area contributed by atoms with E-state index in [0.717, 1.165) is 25.7 Å². The van der Waals surface area contributed by atoms with Gasteiger partial charge in [0.05, 0.1) is 32.0 Å². The van der Waals surface area contributed by atoms with Crippen LogP contribution in [0.4, 0.5) is 0 Å². The van der Waals surface area contributed by atoms with E-state index in [1.807, 2.05) is 12.1 Å². The first kappa shape index (κ1) is 25.5. The molecule has 0 heterocycles. The highest BCUT2D eigenvalue weighted by molar-refractivity contribution is 6.10. The van der Waals surface area contributed by atoms with E-state index < -0.39 is 0 Å². The van der Waals surface area contributed by atoms with Crippen LogP contribution in [0.2, 0.25) is 0 Å². The van der Waals surface area contributed by atoms with Crippen LogP contribution in [0.15, 0.2) is 42.5 Å². The fraction of sp³-hybridized carbons (Fsp3) is 0.552. The average molecular weight is 483 g/mol. The van der Waals surface area contributed by atoms with E-state index in [9.17, 15) is 4.79 Å². The number of carbonyl (C=O) groups excluding carboxylic acids is 1. The molecule has 2 aliphatic rings. The molecule has 0 atom stereocenters. The lowest BCUT2D eigenvalue weighted by molar-refractivity contribution is -0.214. The van der Waals surface area contributed by atoms with Gasteiger partial charge in [0.2, 0.25) is 0 Å². The predicted octanol–water partition coefficient (Wildman–Crippen LogP) is 6.34. The fourth-order valence-electron chi connectivity index (χ4n) is 4.95.